The fraction of sp³-hybridized carbons (Fsp3) is 0.650. The number of nitrogens with zero attached hydrogens (tertiary/aromatic N) is 4. The topological polar surface area (TPSA) is 76.8 Å². The number of ether oxygens (including phenoxy) is 1. The first-order valence-electron chi connectivity index (χ1n) is 9.89. The van der Waals surface area contributed by atoms with E-state index < -0.39 is 5.56 Å². The lowest BCUT2D eigenvalue weighted by atomic mass is 10.1. The lowest BCUT2D eigenvalue weighted by molar-refractivity contribution is -0.127. The number of likely N-dealkylation sites (tertiary alicyclic amines) is 1. The molecule has 3 atom stereocenters. The van der Waals surface area contributed by atoms with Gasteiger partial charge in [-0.1, -0.05) is 0 Å². The van der Waals surface area contributed by atoms with E-state index in [1.54, 1.807) is 7.05 Å². The van der Waals surface area contributed by atoms with Gasteiger partial charge in [-0.05, 0) is 32.8 Å². The number of aromatic nitrogens is 2. The Bertz CT molecular complexity index is 862. The molecule has 2 aliphatic heterocycles. The zero-order valence-electron chi connectivity index (χ0n) is 17.1. The van der Waals surface area contributed by atoms with Gasteiger partial charge in [0.2, 0.25) is 5.91 Å². The molecule has 2 saturated heterocycles. The number of carbonyl (C=O) groups excluding carboxylic acids is 1. The van der Waals surface area contributed by atoms with E-state index in [9.17, 15) is 14.4 Å². The molecule has 0 radical (unpaired) electrons. The second-order valence-electron chi connectivity index (χ2n) is 7.98. The number of aryl methyl sites for hydroxylation is 1. The van der Waals surface area contributed by atoms with Crippen LogP contribution in [0.1, 0.15) is 32.3 Å². The van der Waals surface area contributed by atoms with Gasteiger partial charge < -0.3 is 14.2 Å². The molecule has 3 unspecified atom stereocenters. The van der Waals surface area contributed by atoms with Crippen molar-refractivity contribution < 1.29 is 9.53 Å². The molecule has 0 N–H and O–H groups in total. The Morgan fingerprint density at radius 3 is 2.57 bits per heavy atom. The van der Waals surface area contributed by atoms with Crippen molar-refractivity contribution in [2.45, 2.75) is 44.9 Å². The highest BCUT2D eigenvalue weighted by molar-refractivity contribution is 5.92. The second kappa shape index (κ2) is 8.45. The van der Waals surface area contributed by atoms with Crippen molar-refractivity contribution in [2.24, 2.45) is 14.1 Å². The summed E-state index contributed by atoms with van der Waals surface area (Å²) in [4.78, 5) is 41.0. The van der Waals surface area contributed by atoms with Gasteiger partial charge in [-0.15, -0.1) is 0 Å². The van der Waals surface area contributed by atoms with E-state index in [4.69, 9.17) is 4.74 Å². The first kappa shape index (κ1) is 20.5. The predicted octanol–water partition coefficient (Wildman–Crippen LogP) is 0.197. The van der Waals surface area contributed by atoms with Gasteiger partial charge in [0.05, 0.1) is 17.8 Å². The van der Waals surface area contributed by atoms with Crippen LogP contribution in [-0.4, -0.2) is 69.3 Å². The smallest absolute Gasteiger partial charge is 0.330 e. The normalized spacial score (nSPS) is 26.3. The van der Waals surface area contributed by atoms with Gasteiger partial charge >= 0.3 is 5.69 Å². The number of rotatable bonds is 4. The van der Waals surface area contributed by atoms with Crippen molar-refractivity contribution in [3.63, 3.8) is 0 Å². The maximum atomic E-state index is 12.8. The molecule has 8 nitrogen and oxygen atoms in total. The molecule has 0 aromatic carbocycles. The summed E-state index contributed by atoms with van der Waals surface area (Å²) in [5.41, 5.74) is -0.465. The molecule has 154 valence electrons. The van der Waals surface area contributed by atoms with Crippen LogP contribution >= 0.6 is 0 Å². The molecule has 0 bridgehead atoms. The Kier molecular flexibility index (Phi) is 6.20. The Labute approximate surface area is 165 Å². The summed E-state index contributed by atoms with van der Waals surface area (Å²) >= 11 is 0. The molecule has 3 rings (SSSR count). The third kappa shape index (κ3) is 4.44. The van der Waals surface area contributed by atoms with Gasteiger partial charge in [0, 0.05) is 58.6 Å². The van der Waals surface area contributed by atoms with Gasteiger partial charge in [-0.3, -0.25) is 19.1 Å². The molecule has 8 heteroatoms. The van der Waals surface area contributed by atoms with Crippen molar-refractivity contribution >= 4 is 12.0 Å². The Hall–Kier alpha value is -2.19. The monoisotopic (exact) mass is 390 g/mol. The molecule has 28 heavy (non-hydrogen) atoms. The van der Waals surface area contributed by atoms with E-state index in [-0.39, 0.29) is 29.8 Å². The third-order valence-corrected chi connectivity index (χ3v) is 5.50. The molecular formula is C20H30N4O4. The van der Waals surface area contributed by atoms with Crippen LogP contribution in [0.3, 0.4) is 0 Å². The second-order valence-corrected chi connectivity index (χ2v) is 7.98. The van der Waals surface area contributed by atoms with E-state index in [1.807, 2.05) is 4.90 Å². The number of hydrogen-bond donors (Lipinski definition) is 0. The van der Waals surface area contributed by atoms with Gasteiger partial charge in [0.15, 0.2) is 0 Å². The fourth-order valence-electron chi connectivity index (χ4n) is 4.25. The van der Waals surface area contributed by atoms with Crippen LogP contribution in [0.2, 0.25) is 0 Å². The minimum absolute atomic E-state index is 0.0900. The molecule has 3 heterocycles. The van der Waals surface area contributed by atoms with Crippen LogP contribution in [0.4, 0.5) is 0 Å². The fourth-order valence-corrected chi connectivity index (χ4v) is 4.25. The van der Waals surface area contributed by atoms with Gasteiger partial charge in [-0.2, -0.15) is 0 Å². The van der Waals surface area contributed by atoms with Crippen molar-refractivity contribution in [1.29, 1.82) is 0 Å². The molecule has 0 saturated carbocycles. The molecule has 2 aliphatic rings. The quantitative estimate of drug-likeness (QED) is 0.687. The highest BCUT2D eigenvalue weighted by Gasteiger charge is 2.31. The lowest BCUT2D eigenvalue weighted by Gasteiger charge is -2.38. The third-order valence-electron chi connectivity index (χ3n) is 5.50. The lowest BCUT2D eigenvalue weighted by Crippen LogP contribution is -2.50. The van der Waals surface area contributed by atoms with Crippen molar-refractivity contribution in [1.82, 2.24) is 18.9 Å². The van der Waals surface area contributed by atoms with Crippen molar-refractivity contribution in [3.05, 3.63) is 38.7 Å². The first-order valence-corrected chi connectivity index (χ1v) is 9.89. The van der Waals surface area contributed by atoms with Gasteiger partial charge in [0.25, 0.3) is 5.56 Å². The molecule has 0 spiro atoms. The summed E-state index contributed by atoms with van der Waals surface area (Å²) in [6, 6.07) is 0.178. The summed E-state index contributed by atoms with van der Waals surface area (Å²) in [6.45, 7) is 7.50. The molecule has 1 aromatic rings. The van der Waals surface area contributed by atoms with Crippen molar-refractivity contribution in [2.75, 3.05) is 26.2 Å². The van der Waals surface area contributed by atoms with E-state index in [0.29, 0.717) is 5.56 Å². The van der Waals surface area contributed by atoms with Crippen LogP contribution < -0.4 is 11.2 Å². The van der Waals surface area contributed by atoms with Crippen LogP contribution in [0.25, 0.3) is 6.08 Å². The molecule has 0 aliphatic carbocycles. The highest BCUT2D eigenvalue weighted by atomic mass is 16.5. The highest BCUT2D eigenvalue weighted by Crippen LogP contribution is 2.21. The van der Waals surface area contributed by atoms with Crippen LogP contribution in [0.15, 0.2) is 21.9 Å². The average molecular weight is 390 g/mol. The summed E-state index contributed by atoms with van der Waals surface area (Å²) in [7, 11) is 3.02. The minimum Gasteiger partial charge on any atom is -0.373 e. The van der Waals surface area contributed by atoms with Crippen LogP contribution in [-0.2, 0) is 23.6 Å². The van der Waals surface area contributed by atoms with E-state index >= 15 is 0 Å². The molecule has 1 amide bonds. The summed E-state index contributed by atoms with van der Waals surface area (Å²) in [6.07, 6.45) is 6.81. The number of carbonyl (C=O) groups is 1. The predicted molar refractivity (Wildman–Crippen MR) is 107 cm³/mol. The van der Waals surface area contributed by atoms with Crippen LogP contribution in [0, 0.1) is 0 Å². The van der Waals surface area contributed by atoms with Gasteiger partial charge in [-0.25, -0.2) is 4.79 Å². The number of hydrogen-bond acceptors (Lipinski definition) is 5. The van der Waals surface area contributed by atoms with E-state index in [2.05, 4.69) is 18.7 Å². The summed E-state index contributed by atoms with van der Waals surface area (Å²) < 4.78 is 8.18. The summed E-state index contributed by atoms with van der Waals surface area (Å²) in [5, 5.41) is 0. The van der Waals surface area contributed by atoms with E-state index in [0.717, 1.165) is 43.6 Å². The maximum absolute atomic E-state index is 12.8. The van der Waals surface area contributed by atoms with Crippen LogP contribution in [0.5, 0.6) is 0 Å². The SMILES string of the molecule is CC1CN(CC2CCCN2C(=O)C=Cc2cn(C)c(=O)n(C)c2=O)CC(C)O1. The first-order chi connectivity index (χ1) is 13.3. The zero-order chi connectivity index (χ0) is 20.4. The Morgan fingerprint density at radius 1 is 1.21 bits per heavy atom. The summed E-state index contributed by atoms with van der Waals surface area (Å²) in [5.74, 6) is -0.0900. The molecule has 1 aromatic heterocycles. The largest absolute Gasteiger partial charge is 0.373 e. The molecule has 2 fully saturated rings. The van der Waals surface area contributed by atoms with Gasteiger partial charge in [0.1, 0.15) is 0 Å². The number of amides is 1. The van der Waals surface area contributed by atoms with E-state index in [1.165, 1.54) is 30.0 Å². The van der Waals surface area contributed by atoms with Crippen molar-refractivity contribution in [3.8, 4) is 0 Å². The Balaban J connectivity index is 1.69. The molecular weight excluding hydrogens is 360 g/mol. The zero-order valence-corrected chi connectivity index (χ0v) is 17.1. The number of morpholine rings is 1. The standard InChI is InChI=1S/C20H30N4O4/c1-14-10-23(11-15(2)28-14)13-17-6-5-9-24(17)18(25)8-7-16-12-21(3)20(27)22(4)19(16)26/h7-8,12,14-15,17H,5-6,9-11,13H2,1-4H3. The maximum Gasteiger partial charge on any atom is 0.330 e. The Morgan fingerprint density at radius 2 is 1.89 bits per heavy atom. The minimum atomic E-state index is -0.401. The average Bonchev–Trinajstić information content (AvgIpc) is 3.09.